The Morgan fingerprint density at radius 2 is 2.11 bits per heavy atom. The van der Waals surface area contributed by atoms with Gasteiger partial charge in [-0.3, -0.25) is 4.90 Å². The molecule has 0 aromatic heterocycles. The molecule has 0 bridgehead atoms. The lowest BCUT2D eigenvalue weighted by Gasteiger charge is -2.43. The summed E-state index contributed by atoms with van der Waals surface area (Å²) < 4.78 is 5.59. The molecule has 0 aliphatic carbocycles. The minimum atomic E-state index is -0.538. The van der Waals surface area contributed by atoms with Gasteiger partial charge in [0.1, 0.15) is 6.04 Å². The van der Waals surface area contributed by atoms with Crippen LogP contribution < -0.4 is 0 Å². The number of hydrogen-bond acceptors (Lipinski definition) is 4. The summed E-state index contributed by atoms with van der Waals surface area (Å²) in [5, 5.41) is 19.4. The molecule has 1 saturated heterocycles. The molecule has 110 valence electrons. The van der Waals surface area contributed by atoms with Gasteiger partial charge >= 0.3 is 0 Å². The predicted octanol–water partition coefficient (Wildman–Crippen LogP) is 2.18. The Morgan fingerprint density at radius 1 is 1.47 bits per heavy atom. The molecule has 1 aliphatic rings. The van der Waals surface area contributed by atoms with E-state index in [2.05, 4.69) is 24.8 Å². The first-order valence-corrected chi connectivity index (χ1v) is 7.11. The first kappa shape index (κ1) is 16.4. The molecule has 0 aromatic rings. The molecule has 1 aliphatic heterocycles. The summed E-state index contributed by atoms with van der Waals surface area (Å²) in [6, 6.07) is 2.28. The fourth-order valence-electron chi connectivity index (χ4n) is 2.62. The number of ether oxygens (including phenoxy) is 1. The van der Waals surface area contributed by atoms with Crippen molar-refractivity contribution in [2.75, 3.05) is 19.7 Å². The van der Waals surface area contributed by atoms with Crippen LogP contribution in [0.25, 0.3) is 0 Å². The average Bonchev–Trinajstić information content (AvgIpc) is 2.24. The van der Waals surface area contributed by atoms with E-state index in [4.69, 9.17) is 4.74 Å². The molecule has 4 heteroatoms. The van der Waals surface area contributed by atoms with Crippen LogP contribution in [0.15, 0.2) is 0 Å². The Balaban J connectivity index is 2.53. The van der Waals surface area contributed by atoms with E-state index in [1.807, 2.05) is 20.8 Å². The summed E-state index contributed by atoms with van der Waals surface area (Å²) in [6.45, 7) is 11.9. The summed E-state index contributed by atoms with van der Waals surface area (Å²) in [6.07, 6.45) is 1.61. The number of nitrogens with zero attached hydrogens (tertiary/aromatic N) is 2. The highest BCUT2D eigenvalue weighted by atomic mass is 16.5. The van der Waals surface area contributed by atoms with Gasteiger partial charge in [0.15, 0.2) is 0 Å². The lowest BCUT2D eigenvalue weighted by atomic mass is 9.77. The smallest absolute Gasteiger partial charge is 0.103 e. The number of β-amino-alcohol motifs (C(OH)–C–C–N with tert-alkyl or cyclic N) is 1. The van der Waals surface area contributed by atoms with Gasteiger partial charge in [-0.2, -0.15) is 5.26 Å². The number of aliphatic hydroxyl groups is 1. The maximum Gasteiger partial charge on any atom is 0.103 e. The molecule has 0 radical (unpaired) electrons. The van der Waals surface area contributed by atoms with Crippen molar-refractivity contribution in [1.82, 2.24) is 4.90 Å². The van der Waals surface area contributed by atoms with E-state index in [1.165, 1.54) is 0 Å². The van der Waals surface area contributed by atoms with Crippen LogP contribution in [0.1, 0.15) is 47.5 Å². The Kier molecular flexibility index (Phi) is 5.37. The van der Waals surface area contributed by atoms with Crippen molar-refractivity contribution in [2.24, 2.45) is 5.41 Å². The third kappa shape index (κ3) is 5.10. The Labute approximate surface area is 117 Å². The number of aliphatic hydroxyl groups excluding tert-OH is 1. The van der Waals surface area contributed by atoms with Crippen LogP contribution in [0.2, 0.25) is 0 Å². The zero-order chi connectivity index (χ0) is 14.7. The molecule has 0 amide bonds. The highest BCUT2D eigenvalue weighted by Gasteiger charge is 2.38. The highest BCUT2D eigenvalue weighted by molar-refractivity contribution is 5.04. The molecule has 1 N–H and O–H groups in total. The third-order valence-electron chi connectivity index (χ3n) is 3.65. The predicted molar refractivity (Wildman–Crippen MR) is 75.7 cm³/mol. The first-order chi connectivity index (χ1) is 8.65. The van der Waals surface area contributed by atoms with Gasteiger partial charge in [0.2, 0.25) is 0 Å². The third-order valence-corrected chi connectivity index (χ3v) is 3.65. The SMILES string of the molecule is CC(C)(C)OC[C@H](O)CN1CCCC(C)(C)[C@H]1C#N. The van der Waals surface area contributed by atoms with E-state index < -0.39 is 6.10 Å². The summed E-state index contributed by atoms with van der Waals surface area (Å²) in [5.74, 6) is 0. The molecule has 0 aromatic carbocycles. The van der Waals surface area contributed by atoms with E-state index in [0.717, 1.165) is 19.4 Å². The van der Waals surface area contributed by atoms with Crippen LogP contribution >= 0.6 is 0 Å². The lowest BCUT2D eigenvalue weighted by Crippen LogP contribution is -2.52. The van der Waals surface area contributed by atoms with Gasteiger partial charge in [0.25, 0.3) is 0 Å². The minimum Gasteiger partial charge on any atom is -0.389 e. The first-order valence-electron chi connectivity index (χ1n) is 7.11. The lowest BCUT2D eigenvalue weighted by molar-refractivity contribution is -0.0644. The van der Waals surface area contributed by atoms with Crippen LogP contribution in [-0.4, -0.2) is 47.4 Å². The van der Waals surface area contributed by atoms with Crippen molar-refractivity contribution in [3.05, 3.63) is 0 Å². The van der Waals surface area contributed by atoms with Crippen molar-refractivity contribution in [1.29, 1.82) is 5.26 Å². The van der Waals surface area contributed by atoms with Gasteiger partial charge < -0.3 is 9.84 Å². The molecular formula is C15H28N2O2. The van der Waals surface area contributed by atoms with Gasteiger partial charge in [0, 0.05) is 6.54 Å². The number of nitriles is 1. The Morgan fingerprint density at radius 3 is 2.63 bits per heavy atom. The highest BCUT2D eigenvalue weighted by Crippen LogP contribution is 2.34. The second-order valence-electron chi connectivity index (χ2n) is 7.20. The summed E-state index contributed by atoms with van der Waals surface area (Å²) in [7, 11) is 0. The Hall–Kier alpha value is -0.630. The van der Waals surface area contributed by atoms with E-state index in [1.54, 1.807) is 0 Å². The van der Waals surface area contributed by atoms with Gasteiger partial charge in [-0.1, -0.05) is 13.8 Å². The molecule has 0 saturated carbocycles. The maximum atomic E-state index is 10.1. The number of hydrogen-bond donors (Lipinski definition) is 1. The molecule has 19 heavy (non-hydrogen) atoms. The topological polar surface area (TPSA) is 56.5 Å². The fraction of sp³-hybridized carbons (Fsp3) is 0.933. The maximum absolute atomic E-state index is 10.1. The zero-order valence-corrected chi connectivity index (χ0v) is 12.9. The molecule has 2 atom stereocenters. The van der Waals surface area contributed by atoms with Crippen molar-refractivity contribution in [3.8, 4) is 6.07 Å². The Bertz CT molecular complexity index is 328. The van der Waals surface area contributed by atoms with E-state index >= 15 is 0 Å². The van der Waals surface area contributed by atoms with Gasteiger partial charge in [0.05, 0.1) is 24.4 Å². The number of likely N-dealkylation sites (tertiary alicyclic amines) is 1. The largest absolute Gasteiger partial charge is 0.389 e. The number of rotatable bonds is 4. The number of piperidine rings is 1. The molecule has 1 fully saturated rings. The zero-order valence-electron chi connectivity index (χ0n) is 12.9. The van der Waals surface area contributed by atoms with Crippen molar-refractivity contribution in [3.63, 3.8) is 0 Å². The average molecular weight is 268 g/mol. The van der Waals surface area contributed by atoms with Crippen molar-refractivity contribution >= 4 is 0 Å². The quantitative estimate of drug-likeness (QED) is 0.849. The second-order valence-corrected chi connectivity index (χ2v) is 7.20. The van der Waals surface area contributed by atoms with Gasteiger partial charge in [-0.15, -0.1) is 0 Å². The van der Waals surface area contributed by atoms with Gasteiger partial charge in [-0.25, -0.2) is 0 Å². The standard InChI is InChI=1S/C15H28N2O2/c1-14(2,3)19-11-12(18)10-17-8-6-7-15(4,5)13(17)9-16/h12-13,18H,6-8,10-11H2,1-5H3/t12-,13-/m1/s1. The van der Waals surface area contributed by atoms with E-state index in [9.17, 15) is 10.4 Å². The minimum absolute atomic E-state index is 0.00238. The van der Waals surface area contributed by atoms with Crippen LogP contribution in [-0.2, 0) is 4.74 Å². The molecular weight excluding hydrogens is 240 g/mol. The fourth-order valence-corrected chi connectivity index (χ4v) is 2.62. The van der Waals surface area contributed by atoms with E-state index in [-0.39, 0.29) is 17.1 Å². The molecule has 0 unspecified atom stereocenters. The normalized spacial score (nSPS) is 25.8. The molecule has 1 heterocycles. The van der Waals surface area contributed by atoms with Crippen LogP contribution in [0.3, 0.4) is 0 Å². The van der Waals surface area contributed by atoms with Gasteiger partial charge in [-0.05, 0) is 45.6 Å². The van der Waals surface area contributed by atoms with E-state index in [0.29, 0.717) is 13.2 Å². The molecule has 0 spiro atoms. The summed E-state index contributed by atoms with van der Waals surface area (Å²) in [5.41, 5.74) is -0.242. The van der Waals surface area contributed by atoms with Crippen LogP contribution in [0.5, 0.6) is 0 Å². The molecule has 4 nitrogen and oxygen atoms in total. The summed E-state index contributed by atoms with van der Waals surface area (Å²) >= 11 is 0. The monoisotopic (exact) mass is 268 g/mol. The summed E-state index contributed by atoms with van der Waals surface area (Å²) in [4.78, 5) is 2.10. The van der Waals surface area contributed by atoms with Crippen LogP contribution in [0, 0.1) is 16.7 Å². The van der Waals surface area contributed by atoms with Crippen LogP contribution in [0.4, 0.5) is 0 Å². The van der Waals surface area contributed by atoms with Crippen molar-refractivity contribution in [2.45, 2.75) is 65.2 Å². The molecule has 1 rings (SSSR count). The second kappa shape index (κ2) is 6.21. The van der Waals surface area contributed by atoms with Crippen molar-refractivity contribution < 1.29 is 9.84 Å².